The van der Waals surface area contributed by atoms with Gasteiger partial charge in [0.15, 0.2) is 4.34 Å². The Morgan fingerprint density at radius 1 is 1.05 bits per heavy atom. The Morgan fingerprint density at radius 3 is 2.73 bits per heavy atom. The number of imidazole rings is 1. The molecule has 4 nitrogen and oxygen atoms in total. The highest BCUT2D eigenvalue weighted by Gasteiger charge is 2.14. The molecule has 0 spiro atoms. The molecule has 0 saturated heterocycles. The van der Waals surface area contributed by atoms with Crippen LogP contribution in [0.1, 0.15) is 5.69 Å². The monoisotopic (exact) mass is 324 g/mol. The number of fused-ring (bicyclic) bond motifs is 1. The number of pyridine rings is 1. The van der Waals surface area contributed by atoms with Crippen molar-refractivity contribution in [2.45, 2.75) is 10.1 Å². The van der Waals surface area contributed by atoms with E-state index in [9.17, 15) is 0 Å². The highest BCUT2D eigenvalue weighted by molar-refractivity contribution is 8.00. The minimum absolute atomic E-state index is 0.810. The lowest BCUT2D eigenvalue weighted by atomic mass is 10.1. The zero-order valence-electron chi connectivity index (χ0n) is 11.6. The van der Waals surface area contributed by atoms with Gasteiger partial charge < -0.3 is 4.40 Å². The molecule has 4 rings (SSSR count). The van der Waals surface area contributed by atoms with Crippen molar-refractivity contribution in [3.8, 4) is 11.3 Å². The van der Waals surface area contributed by atoms with E-state index in [1.165, 1.54) is 5.69 Å². The molecule has 6 heteroatoms. The minimum atomic E-state index is 0.810. The third-order valence-corrected chi connectivity index (χ3v) is 5.22. The molecule has 0 atom stereocenters. The summed E-state index contributed by atoms with van der Waals surface area (Å²) in [6.45, 7) is 0. The molecular formula is C16H12N4S2. The van der Waals surface area contributed by atoms with Crippen LogP contribution in [-0.2, 0) is 5.75 Å². The van der Waals surface area contributed by atoms with Crippen LogP contribution in [0.3, 0.4) is 0 Å². The van der Waals surface area contributed by atoms with Gasteiger partial charge in [-0.05, 0) is 12.1 Å². The van der Waals surface area contributed by atoms with Gasteiger partial charge in [0, 0.05) is 17.5 Å². The summed E-state index contributed by atoms with van der Waals surface area (Å²) in [7, 11) is 0. The Labute approximate surface area is 135 Å². The fourth-order valence-electron chi connectivity index (χ4n) is 2.37. The second kappa shape index (κ2) is 5.90. The van der Waals surface area contributed by atoms with Gasteiger partial charge in [0.1, 0.15) is 11.2 Å². The number of hydrogen-bond donors (Lipinski definition) is 0. The molecule has 0 saturated carbocycles. The first-order valence-corrected chi connectivity index (χ1v) is 8.69. The Bertz CT molecular complexity index is 885. The van der Waals surface area contributed by atoms with E-state index in [1.807, 2.05) is 36.4 Å². The molecule has 0 bridgehead atoms. The zero-order chi connectivity index (χ0) is 14.8. The first-order chi connectivity index (χ1) is 10.9. The predicted molar refractivity (Wildman–Crippen MR) is 90.1 cm³/mol. The van der Waals surface area contributed by atoms with Crippen LogP contribution < -0.4 is 0 Å². The van der Waals surface area contributed by atoms with Crippen LogP contribution in [0, 0.1) is 0 Å². The topological polar surface area (TPSA) is 43.1 Å². The highest BCUT2D eigenvalue weighted by atomic mass is 32.2. The number of rotatable bonds is 4. The molecule has 4 aromatic rings. The van der Waals surface area contributed by atoms with Gasteiger partial charge in [0.25, 0.3) is 0 Å². The van der Waals surface area contributed by atoms with E-state index in [4.69, 9.17) is 4.98 Å². The van der Waals surface area contributed by atoms with Crippen LogP contribution in [0.2, 0.25) is 0 Å². The largest absolute Gasteiger partial charge is 0.303 e. The van der Waals surface area contributed by atoms with Crippen LogP contribution >= 0.6 is 23.1 Å². The maximum atomic E-state index is 4.80. The number of nitrogens with zero attached hydrogens (tertiary/aromatic N) is 4. The third-order valence-electron chi connectivity index (χ3n) is 3.35. The molecule has 0 fully saturated rings. The SMILES string of the molecule is c1ccc(-c2nc3ccccn3c2CSc2nncs2)cc1. The van der Waals surface area contributed by atoms with Gasteiger partial charge in [-0.3, -0.25) is 0 Å². The van der Waals surface area contributed by atoms with Crippen molar-refractivity contribution in [3.63, 3.8) is 0 Å². The fraction of sp³-hybridized carbons (Fsp3) is 0.0625. The first-order valence-electron chi connectivity index (χ1n) is 6.82. The van der Waals surface area contributed by atoms with E-state index in [0.29, 0.717) is 0 Å². The number of hydrogen-bond acceptors (Lipinski definition) is 5. The van der Waals surface area contributed by atoms with Crippen LogP contribution in [0.15, 0.2) is 64.6 Å². The summed E-state index contributed by atoms with van der Waals surface area (Å²) in [6.07, 6.45) is 2.06. The zero-order valence-corrected chi connectivity index (χ0v) is 13.2. The molecule has 22 heavy (non-hydrogen) atoms. The second-order valence-corrected chi connectivity index (χ2v) is 6.75. The molecule has 1 aromatic carbocycles. The van der Waals surface area contributed by atoms with E-state index >= 15 is 0 Å². The highest BCUT2D eigenvalue weighted by Crippen LogP contribution is 2.30. The molecule has 3 heterocycles. The average Bonchev–Trinajstić information content (AvgIpc) is 3.21. The normalized spacial score (nSPS) is 11.1. The maximum Gasteiger partial charge on any atom is 0.174 e. The van der Waals surface area contributed by atoms with Gasteiger partial charge in [-0.2, -0.15) is 0 Å². The van der Waals surface area contributed by atoms with Crippen molar-refractivity contribution in [2.75, 3.05) is 0 Å². The lowest BCUT2D eigenvalue weighted by Crippen LogP contribution is -1.92. The third kappa shape index (κ3) is 2.51. The lowest BCUT2D eigenvalue weighted by molar-refractivity contribution is 1.01. The summed E-state index contributed by atoms with van der Waals surface area (Å²) in [5, 5.41) is 7.99. The van der Waals surface area contributed by atoms with Gasteiger partial charge >= 0.3 is 0 Å². The van der Waals surface area contributed by atoms with Crippen molar-refractivity contribution in [3.05, 3.63) is 65.9 Å². The van der Waals surface area contributed by atoms with Crippen molar-refractivity contribution < 1.29 is 0 Å². The lowest BCUT2D eigenvalue weighted by Gasteiger charge is -2.04. The number of thioether (sulfide) groups is 1. The van der Waals surface area contributed by atoms with Crippen molar-refractivity contribution in [1.29, 1.82) is 0 Å². The molecule has 0 unspecified atom stereocenters. The number of aromatic nitrogens is 4. The summed E-state index contributed by atoms with van der Waals surface area (Å²) < 4.78 is 3.13. The van der Waals surface area contributed by atoms with E-state index in [1.54, 1.807) is 28.6 Å². The van der Waals surface area contributed by atoms with Crippen LogP contribution in [0.25, 0.3) is 16.9 Å². The van der Waals surface area contributed by atoms with Crippen molar-refractivity contribution in [1.82, 2.24) is 19.6 Å². The molecule has 0 aliphatic rings. The van der Waals surface area contributed by atoms with Crippen molar-refractivity contribution >= 4 is 28.7 Å². The molecule has 0 radical (unpaired) electrons. The Balaban J connectivity index is 1.80. The van der Waals surface area contributed by atoms with E-state index < -0.39 is 0 Å². The molecule has 0 aliphatic heterocycles. The predicted octanol–water partition coefficient (Wildman–Crippen LogP) is 4.15. The summed E-state index contributed by atoms with van der Waals surface area (Å²) in [6, 6.07) is 16.4. The quantitative estimate of drug-likeness (QED) is 0.529. The van der Waals surface area contributed by atoms with Gasteiger partial charge in [-0.15, -0.1) is 10.2 Å². The Morgan fingerprint density at radius 2 is 1.91 bits per heavy atom. The molecular weight excluding hydrogens is 312 g/mol. The van der Waals surface area contributed by atoms with Crippen molar-refractivity contribution in [2.24, 2.45) is 0 Å². The minimum Gasteiger partial charge on any atom is -0.303 e. The molecule has 108 valence electrons. The molecule has 0 aliphatic carbocycles. The van der Waals surface area contributed by atoms with Crippen LogP contribution in [0.4, 0.5) is 0 Å². The van der Waals surface area contributed by atoms with Gasteiger partial charge in [-0.25, -0.2) is 4.98 Å². The van der Waals surface area contributed by atoms with E-state index in [2.05, 4.69) is 32.9 Å². The average molecular weight is 324 g/mol. The summed E-state index contributed by atoms with van der Waals surface area (Å²) in [5.41, 5.74) is 6.08. The van der Waals surface area contributed by atoms with Gasteiger partial charge in [0.2, 0.25) is 0 Å². The number of benzene rings is 1. The summed E-state index contributed by atoms with van der Waals surface area (Å²) in [4.78, 5) is 4.80. The van der Waals surface area contributed by atoms with Crippen LogP contribution in [0.5, 0.6) is 0 Å². The van der Waals surface area contributed by atoms with E-state index in [-0.39, 0.29) is 0 Å². The molecule has 0 amide bonds. The molecule has 0 N–H and O–H groups in total. The van der Waals surface area contributed by atoms with Gasteiger partial charge in [0.05, 0.1) is 11.4 Å². The summed E-state index contributed by atoms with van der Waals surface area (Å²) in [5.74, 6) is 0.810. The molecule has 3 aromatic heterocycles. The fourth-order valence-corrected chi connectivity index (χ4v) is 3.87. The first kappa shape index (κ1) is 13.5. The van der Waals surface area contributed by atoms with Gasteiger partial charge in [-0.1, -0.05) is 59.5 Å². The second-order valence-electron chi connectivity index (χ2n) is 4.70. The standard InChI is InChI=1S/C16H12N4S2/c1-2-6-12(7-3-1)15-13(10-21-16-19-17-11-22-16)20-9-5-4-8-14(20)18-15/h1-9,11H,10H2. The Hall–Kier alpha value is -2.18. The smallest absolute Gasteiger partial charge is 0.174 e. The van der Waals surface area contributed by atoms with Crippen LogP contribution in [-0.4, -0.2) is 19.6 Å². The van der Waals surface area contributed by atoms with E-state index in [0.717, 1.165) is 27.0 Å². The summed E-state index contributed by atoms with van der Waals surface area (Å²) >= 11 is 3.26. The Kier molecular flexibility index (Phi) is 3.62. The maximum absolute atomic E-state index is 4.80.